The Bertz CT molecular complexity index is 1270. The second-order valence-electron chi connectivity index (χ2n) is 8.26. The van der Waals surface area contributed by atoms with E-state index in [1.165, 1.54) is 29.8 Å². The lowest BCUT2D eigenvalue weighted by molar-refractivity contribution is -0.149. The van der Waals surface area contributed by atoms with Gasteiger partial charge in [-0.2, -0.15) is 13.2 Å². The molecule has 0 aromatic carbocycles. The second-order valence-corrected chi connectivity index (χ2v) is 8.26. The van der Waals surface area contributed by atoms with Crippen LogP contribution >= 0.6 is 0 Å². The van der Waals surface area contributed by atoms with Gasteiger partial charge in [0.1, 0.15) is 17.6 Å². The number of fused-ring (bicyclic) bond motifs is 4. The number of carbonyl (C=O) groups is 2. The van der Waals surface area contributed by atoms with Crippen molar-refractivity contribution in [3.05, 3.63) is 48.7 Å². The van der Waals surface area contributed by atoms with E-state index >= 15 is 0 Å². The first-order chi connectivity index (χ1) is 16.7. The predicted octanol–water partition coefficient (Wildman–Crippen LogP) is 3.44. The molecule has 182 valence electrons. The lowest BCUT2D eigenvalue weighted by atomic mass is 10.1. The largest absolute Gasteiger partial charge is 0.444 e. The number of hydrogen-bond donors (Lipinski definition) is 2. The van der Waals surface area contributed by atoms with Crippen molar-refractivity contribution in [2.45, 2.75) is 31.6 Å². The van der Waals surface area contributed by atoms with E-state index in [2.05, 4.69) is 20.3 Å². The first-order valence-corrected chi connectivity index (χ1v) is 10.8. The van der Waals surface area contributed by atoms with E-state index in [9.17, 15) is 22.8 Å². The third kappa shape index (κ3) is 4.36. The van der Waals surface area contributed by atoms with Crippen LogP contribution in [0.2, 0.25) is 0 Å². The van der Waals surface area contributed by atoms with Crippen LogP contribution < -0.4 is 20.4 Å². The number of anilines is 3. The number of urea groups is 1. The number of nitrogens with zero attached hydrogens (tertiary/aromatic N) is 5. The lowest BCUT2D eigenvalue weighted by Gasteiger charge is -2.35. The number of nitrogens with one attached hydrogen (secondary N) is 2. The summed E-state index contributed by atoms with van der Waals surface area (Å²) < 4.78 is 43.9. The van der Waals surface area contributed by atoms with E-state index in [-0.39, 0.29) is 23.4 Å². The zero-order valence-electron chi connectivity index (χ0n) is 18.4. The van der Waals surface area contributed by atoms with Crippen molar-refractivity contribution in [2.24, 2.45) is 0 Å². The lowest BCUT2D eigenvalue weighted by Crippen LogP contribution is -2.49. The molecule has 13 heteroatoms. The summed E-state index contributed by atoms with van der Waals surface area (Å²) in [7, 11) is 0. The Morgan fingerprint density at radius 1 is 1.26 bits per heavy atom. The van der Waals surface area contributed by atoms with E-state index < -0.39 is 24.2 Å². The summed E-state index contributed by atoms with van der Waals surface area (Å²) in [6.07, 6.45) is 0.414. The molecule has 0 aliphatic carbocycles. The summed E-state index contributed by atoms with van der Waals surface area (Å²) in [5, 5.41) is 4.65. The minimum absolute atomic E-state index is 0.204. The fraction of sp³-hybridized carbons (Fsp3) is 0.318. The quantitative estimate of drug-likeness (QED) is 0.579. The molecular weight excluding hydrogens is 467 g/mol. The Morgan fingerprint density at radius 3 is 2.83 bits per heavy atom. The average molecular weight is 487 g/mol. The Morgan fingerprint density at radius 2 is 2.09 bits per heavy atom. The highest BCUT2D eigenvalue weighted by Crippen LogP contribution is 2.39. The number of pyridine rings is 2. The number of aromatic nitrogens is 3. The highest BCUT2D eigenvalue weighted by molar-refractivity contribution is 6.05. The van der Waals surface area contributed by atoms with Crippen LogP contribution in [0.1, 0.15) is 23.8 Å². The highest BCUT2D eigenvalue weighted by Gasteiger charge is 2.41. The van der Waals surface area contributed by atoms with Crippen molar-refractivity contribution < 1.29 is 27.2 Å². The molecule has 10 nitrogen and oxygen atoms in total. The van der Waals surface area contributed by atoms with Crippen LogP contribution in [0.5, 0.6) is 0 Å². The molecule has 1 unspecified atom stereocenters. The van der Waals surface area contributed by atoms with Gasteiger partial charge in [0.15, 0.2) is 18.0 Å². The fourth-order valence-corrected chi connectivity index (χ4v) is 4.13. The van der Waals surface area contributed by atoms with Crippen LogP contribution in [0.15, 0.2) is 47.5 Å². The van der Waals surface area contributed by atoms with Crippen molar-refractivity contribution in [3.8, 4) is 11.3 Å². The fourth-order valence-electron chi connectivity index (χ4n) is 4.13. The first-order valence-electron chi connectivity index (χ1n) is 10.8. The van der Waals surface area contributed by atoms with Crippen LogP contribution in [0.4, 0.5) is 35.3 Å². The van der Waals surface area contributed by atoms with Crippen LogP contribution in [0, 0.1) is 0 Å². The maximum Gasteiger partial charge on any atom is 0.408 e. The molecule has 2 N–H and O–H groups in total. The Kier molecular flexibility index (Phi) is 5.53. The summed E-state index contributed by atoms with van der Waals surface area (Å²) >= 11 is 0. The second kappa shape index (κ2) is 8.56. The molecular formula is C22H20F3N7O3. The first kappa shape index (κ1) is 22.6. The number of oxazole rings is 1. The van der Waals surface area contributed by atoms with Crippen molar-refractivity contribution in [1.82, 2.24) is 20.3 Å². The molecule has 5 rings (SSSR count). The van der Waals surface area contributed by atoms with Crippen molar-refractivity contribution >= 4 is 29.3 Å². The number of hydrogen-bond acceptors (Lipinski definition) is 7. The van der Waals surface area contributed by atoms with Gasteiger partial charge >= 0.3 is 12.2 Å². The zero-order chi connectivity index (χ0) is 24.7. The normalized spacial score (nSPS) is 17.7. The van der Waals surface area contributed by atoms with Crippen LogP contribution in [0.25, 0.3) is 11.3 Å². The van der Waals surface area contributed by atoms with Crippen LogP contribution in [0.3, 0.4) is 0 Å². The topological polar surface area (TPSA) is 116 Å². The van der Waals surface area contributed by atoms with Gasteiger partial charge in [-0.05, 0) is 37.6 Å². The number of amides is 3. The van der Waals surface area contributed by atoms with Gasteiger partial charge in [-0.3, -0.25) is 15.0 Å². The maximum absolute atomic E-state index is 13.3. The molecule has 2 bridgehead atoms. The molecule has 0 spiro atoms. The Hall–Kier alpha value is -4.16. The van der Waals surface area contributed by atoms with E-state index in [0.717, 1.165) is 6.92 Å². The van der Waals surface area contributed by atoms with Gasteiger partial charge in [0, 0.05) is 24.8 Å². The Balaban J connectivity index is 1.42. The highest BCUT2D eigenvalue weighted by atomic mass is 19.4. The van der Waals surface area contributed by atoms with Crippen molar-refractivity contribution in [1.29, 1.82) is 0 Å². The van der Waals surface area contributed by atoms with Crippen LogP contribution in [-0.2, 0) is 0 Å². The van der Waals surface area contributed by atoms with E-state index in [4.69, 9.17) is 4.42 Å². The van der Waals surface area contributed by atoms with Gasteiger partial charge in [0.25, 0.3) is 5.91 Å². The van der Waals surface area contributed by atoms with E-state index in [1.54, 1.807) is 18.2 Å². The van der Waals surface area contributed by atoms with Gasteiger partial charge in [-0.15, -0.1) is 0 Å². The third-order valence-electron chi connectivity index (χ3n) is 5.95. The SMILES string of the molecule is C[C@H](NC(=O)c1ccc2c(n1)N(C(=O)Nc1cc(-c3cnco3)ccn1)C1CCN2C1)C(F)(F)F. The average Bonchev–Trinajstić information content (AvgIpc) is 3.50. The predicted molar refractivity (Wildman–Crippen MR) is 119 cm³/mol. The molecule has 3 amide bonds. The molecule has 2 atom stereocenters. The molecule has 5 heterocycles. The molecule has 0 radical (unpaired) electrons. The summed E-state index contributed by atoms with van der Waals surface area (Å²) in [5.41, 5.74) is 1.07. The van der Waals surface area contributed by atoms with Gasteiger partial charge < -0.3 is 14.6 Å². The number of alkyl halides is 3. The van der Waals surface area contributed by atoms with Crippen molar-refractivity contribution in [3.63, 3.8) is 0 Å². The zero-order valence-corrected chi connectivity index (χ0v) is 18.4. The molecule has 1 saturated heterocycles. The Labute approximate surface area is 197 Å². The van der Waals surface area contributed by atoms with Gasteiger partial charge in [-0.1, -0.05) is 0 Å². The van der Waals surface area contributed by atoms with E-state index in [0.29, 0.717) is 36.5 Å². The summed E-state index contributed by atoms with van der Waals surface area (Å²) in [5.74, 6) is -0.0101. The molecule has 2 aliphatic heterocycles. The third-order valence-corrected chi connectivity index (χ3v) is 5.95. The monoisotopic (exact) mass is 487 g/mol. The maximum atomic E-state index is 13.3. The molecule has 3 aromatic rings. The molecule has 1 fully saturated rings. The van der Waals surface area contributed by atoms with Crippen molar-refractivity contribution in [2.75, 3.05) is 28.2 Å². The summed E-state index contributed by atoms with van der Waals surface area (Å²) in [4.78, 5) is 41.6. The van der Waals surface area contributed by atoms with E-state index in [1.807, 2.05) is 10.2 Å². The smallest absolute Gasteiger partial charge is 0.408 e. The molecule has 2 aliphatic rings. The minimum atomic E-state index is -4.59. The number of rotatable bonds is 4. The molecule has 3 aromatic heterocycles. The summed E-state index contributed by atoms with van der Waals surface area (Å²) in [6.45, 7) is 2.10. The minimum Gasteiger partial charge on any atom is -0.444 e. The number of halogens is 3. The van der Waals surface area contributed by atoms with Crippen LogP contribution in [-0.4, -0.2) is 58.2 Å². The van der Waals surface area contributed by atoms with Gasteiger partial charge in [0.05, 0.1) is 17.9 Å². The standard InChI is InChI=1S/C22H20F3N7O3/c1-12(22(23,24)25)28-20(33)15-2-3-16-19(29-15)32(14-5-7-31(16)10-14)21(34)30-18-8-13(4-6-27-18)17-9-26-11-35-17/h2-4,6,8-9,11-12,14H,5,7,10H2,1H3,(H,28,33)(H,27,30,34)/t12-,14?/m0/s1. The number of carbonyl (C=O) groups excluding carboxylic acids is 2. The van der Waals surface area contributed by atoms with Gasteiger partial charge in [0.2, 0.25) is 0 Å². The van der Waals surface area contributed by atoms with Gasteiger partial charge in [-0.25, -0.2) is 19.7 Å². The molecule has 0 saturated carbocycles. The summed E-state index contributed by atoms with van der Waals surface area (Å²) in [6, 6.07) is 3.49. The molecule has 35 heavy (non-hydrogen) atoms.